The zero-order valence-electron chi connectivity index (χ0n) is 17.2. The van der Waals surface area contributed by atoms with E-state index in [2.05, 4.69) is 22.4 Å². The summed E-state index contributed by atoms with van der Waals surface area (Å²) in [5.74, 6) is 1.48. The van der Waals surface area contributed by atoms with Crippen molar-refractivity contribution in [1.29, 1.82) is 0 Å². The molecule has 0 aliphatic rings. The maximum absolute atomic E-state index is 11.9. The fourth-order valence-corrected chi connectivity index (χ4v) is 2.83. The Kier molecular flexibility index (Phi) is 8.26. The van der Waals surface area contributed by atoms with Gasteiger partial charge in [0.1, 0.15) is 24.7 Å². The van der Waals surface area contributed by atoms with Crippen molar-refractivity contribution < 1.29 is 14.3 Å². The van der Waals surface area contributed by atoms with Crippen LogP contribution in [0.3, 0.4) is 0 Å². The van der Waals surface area contributed by atoms with Gasteiger partial charge in [0, 0.05) is 11.3 Å². The topological polar surface area (TPSA) is 72.0 Å². The van der Waals surface area contributed by atoms with Crippen molar-refractivity contribution in [2.24, 2.45) is 5.10 Å². The third kappa shape index (κ3) is 7.04. The minimum Gasteiger partial charge on any atom is -0.490 e. The van der Waals surface area contributed by atoms with Crippen LogP contribution in [0.25, 0.3) is 0 Å². The van der Waals surface area contributed by atoms with Crippen molar-refractivity contribution in [3.63, 3.8) is 0 Å². The van der Waals surface area contributed by atoms with Crippen molar-refractivity contribution in [1.82, 2.24) is 5.43 Å². The molecule has 0 saturated heterocycles. The van der Waals surface area contributed by atoms with E-state index in [0.29, 0.717) is 24.7 Å². The first-order chi connectivity index (χ1) is 15.3. The lowest BCUT2D eigenvalue weighted by Gasteiger charge is -2.12. The number of benzene rings is 3. The molecule has 0 bridgehead atoms. The van der Waals surface area contributed by atoms with Crippen LogP contribution in [0.5, 0.6) is 11.5 Å². The van der Waals surface area contributed by atoms with E-state index in [4.69, 9.17) is 9.47 Å². The van der Waals surface area contributed by atoms with Crippen molar-refractivity contribution in [2.75, 3.05) is 18.5 Å². The lowest BCUT2D eigenvalue weighted by atomic mass is 10.1. The van der Waals surface area contributed by atoms with Gasteiger partial charge >= 0.3 is 6.03 Å². The third-order valence-corrected chi connectivity index (χ3v) is 4.26. The molecule has 31 heavy (non-hydrogen) atoms. The monoisotopic (exact) mass is 415 g/mol. The SMILES string of the molecule is C=CCc1ccccc1OCCOc1ccccc1C=NNC(=O)Nc1ccccc1. The van der Waals surface area contributed by atoms with Gasteiger partial charge in [0.25, 0.3) is 0 Å². The number of nitrogens with one attached hydrogen (secondary N) is 2. The Morgan fingerprint density at radius 2 is 1.52 bits per heavy atom. The fraction of sp³-hybridized carbons (Fsp3) is 0.120. The molecule has 0 atom stereocenters. The van der Waals surface area contributed by atoms with E-state index in [1.54, 1.807) is 18.3 Å². The summed E-state index contributed by atoms with van der Waals surface area (Å²) < 4.78 is 11.7. The molecule has 3 aromatic rings. The summed E-state index contributed by atoms with van der Waals surface area (Å²) in [5.41, 5.74) is 4.97. The molecule has 6 nitrogen and oxygen atoms in total. The van der Waals surface area contributed by atoms with Crippen molar-refractivity contribution in [3.05, 3.63) is 103 Å². The van der Waals surface area contributed by atoms with E-state index < -0.39 is 6.03 Å². The van der Waals surface area contributed by atoms with E-state index in [1.165, 1.54) is 0 Å². The largest absolute Gasteiger partial charge is 0.490 e. The van der Waals surface area contributed by atoms with Gasteiger partial charge < -0.3 is 14.8 Å². The van der Waals surface area contributed by atoms with E-state index in [1.807, 2.05) is 72.8 Å². The molecule has 0 heterocycles. The van der Waals surface area contributed by atoms with Crippen LogP contribution in [0.1, 0.15) is 11.1 Å². The van der Waals surface area contributed by atoms with Crippen molar-refractivity contribution in [2.45, 2.75) is 6.42 Å². The van der Waals surface area contributed by atoms with Gasteiger partial charge in [0.15, 0.2) is 0 Å². The number of hydrazone groups is 1. The molecule has 0 fully saturated rings. The molecule has 0 spiro atoms. The number of para-hydroxylation sites is 3. The number of nitrogens with zero attached hydrogens (tertiary/aromatic N) is 1. The van der Waals surface area contributed by atoms with Gasteiger partial charge in [-0.2, -0.15) is 5.10 Å². The van der Waals surface area contributed by atoms with Gasteiger partial charge in [-0.3, -0.25) is 0 Å². The second-order valence-electron chi connectivity index (χ2n) is 6.53. The number of rotatable bonds is 10. The zero-order valence-corrected chi connectivity index (χ0v) is 17.2. The Labute approximate surface area is 182 Å². The average Bonchev–Trinajstić information content (AvgIpc) is 2.79. The molecule has 3 rings (SSSR count). The van der Waals surface area contributed by atoms with Gasteiger partial charge in [-0.15, -0.1) is 6.58 Å². The summed E-state index contributed by atoms with van der Waals surface area (Å²) in [6.07, 6.45) is 4.14. The van der Waals surface area contributed by atoms with Crippen LogP contribution in [0, 0.1) is 0 Å². The van der Waals surface area contributed by atoms with Gasteiger partial charge in [-0.1, -0.05) is 54.6 Å². The third-order valence-electron chi connectivity index (χ3n) is 4.26. The maximum Gasteiger partial charge on any atom is 0.339 e. The van der Waals surface area contributed by atoms with Crippen LogP contribution in [0.15, 0.2) is 96.6 Å². The minimum absolute atomic E-state index is 0.370. The first kappa shape index (κ1) is 21.6. The Morgan fingerprint density at radius 3 is 2.29 bits per heavy atom. The standard InChI is InChI=1S/C25H25N3O3/c1-2-10-20-11-6-8-15-23(20)30-17-18-31-24-16-9-7-12-21(24)19-26-28-25(29)27-22-13-4-3-5-14-22/h2-9,11-16,19H,1,10,17-18H2,(H2,27,28,29). The van der Waals surface area contributed by atoms with Crippen LogP contribution in [-0.2, 0) is 6.42 Å². The highest BCUT2D eigenvalue weighted by atomic mass is 16.5. The van der Waals surface area contributed by atoms with Crippen LogP contribution in [0.2, 0.25) is 0 Å². The summed E-state index contributed by atoms with van der Waals surface area (Å²) in [5, 5.41) is 6.69. The molecule has 0 aliphatic carbocycles. The Morgan fingerprint density at radius 1 is 0.871 bits per heavy atom. The smallest absolute Gasteiger partial charge is 0.339 e. The summed E-state index contributed by atoms with van der Waals surface area (Å²) in [6.45, 7) is 4.55. The second-order valence-corrected chi connectivity index (χ2v) is 6.53. The number of urea groups is 1. The van der Waals surface area contributed by atoms with Crippen molar-refractivity contribution in [3.8, 4) is 11.5 Å². The summed E-state index contributed by atoms with van der Waals surface area (Å²) in [4.78, 5) is 11.9. The molecular formula is C25H25N3O3. The molecule has 3 aromatic carbocycles. The zero-order chi connectivity index (χ0) is 21.7. The van der Waals surface area contributed by atoms with E-state index in [0.717, 1.165) is 23.3 Å². The minimum atomic E-state index is -0.424. The Balaban J connectivity index is 1.49. The Bertz CT molecular complexity index is 1020. The van der Waals surface area contributed by atoms with Crippen LogP contribution < -0.4 is 20.2 Å². The summed E-state index contributed by atoms with van der Waals surface area (Å²) in [6, 6.07) is 24.1. The van der Waals surface area contributed by atoms with E-state index in [-0.39, 0.29) is 0 Å². The number of ether oxygens (including phenoxy) is 2. The number of carbonyl (C=O) groups excluding carboxylic acids is 1. The van der Waals surface area contributed by atoms with Gasteiger partial charge in [-0.25, -0.2) is 10.2 Å². The highest BCUT2D eigenvalue weighted by Crippen LogP contribution is 2.19. The lowest BCUT2D eigenvalue weighted by Crippen LogP contribution is -2.24. The molecule has 0 saturated carbocycles. The molecule has 0 aliphatic heterocycles. The normalized spacial score (nSPS) is 10.5. The summed E-state index contributed by atoms with van der Waals surface area (Å²) >= 11 is 0. The summed E-state index contributed by atoms with van der Waals surface area (Å²) in [7, 11) is 0. The van der Waals surface area contributed by atoms with Crippen LogP contribution in [-0.4, -0.2) is 25.5 Å². The second kappa shape index (κ2) is 11.8. The maximum atomic E-state index is 11.9. The van der Waals surface area contributed by atoms with Gasteiger partial charge in [-0.05, 0) is 42.3 Å². The highest BCUT2D eigenvalue weighted by molar-refractivity contribution is 5.90. The molecule has 2 N–H and O–H groups in total. The van der Waals surface area contributed by atoms with E-state index in [9.17, 15) is 4.79 Å². The predicted octanol–water partition coefficient (Wildman–Crippen LogP) is 5.03. The lowest BCUT2D eigenvalue weighted by molar-refractivity contribution is 0.216. The number of anilines is 1. The van der Waals surface area contributed by atoms with Gasteiger partial charge in [0.05, 0.1) is 6.21 Å². The van der Waals surface area contributed by atoms with Gasteiger partial charge in [0.2, 0.25) is 0 Å². The first-order valence-electron chi connectivity index (χ1n) is 9.95. The number of carbonyl (C=O) groups is 1. The first-order valence-corrected chi connectivity index (χ1v) is 9.95. The molecule has 0 radical (unpaired) electrons. The number of hydrogen-bond donors (Lipinski definition) is 2. The molecule has 158 valence electrons. The van der Waals surface area contributed by atoms with Crippen LogP contribution >= 0.6 is 0 Å². The quantitative estimate of drug-likeness (QED) is 0.211. The predicted molar refractivity (Wildman–Crippen MR) is 124 cm³/mol. The van der Waals surface area contributed by atoms with E-state index >= 15 is 0 Å². The number of hydrogen-bond acceptors (Lipinski definition) is 4. The molecule has 0 unspecified atom stereocenters. The number of allylic oxidation sites excluding steroid dienone is 1. The Hall–Kier alpha value is -4.06. The average molecular weight is 415 g/mol. The fourth-order valence-electron chi connectivity index (χ4n) is 2.83. The van der Waals surface area contributed by atoms with Crippen molar-refractivity contribution >= 4 is 17.9 Å². The van der Waals surface area contributed by atoms with Crippen LogP contribution in [0.4, 0.5) is 10.5 Å². The molecule has 6 heteroatoms. The highest BCUT2D eigenvalue weighted by Gasteiger charge is 2.04. The molecule has 0 aromatic heterocycles. The molecule has 2 amide bonds. The number of amides is 2. The molecular weight excluding hydrogens is 390 g/mol.